The molecule has 0 unspecified atom stereocenters. The first-order chi connectivity index (χ1) is 9.77. The van der Waals surface area contributed by atoms with Gasteiger partial charge in [0.15, 0.2) is 0 Å². The van der Waals surface area contributed by atoms with Crippen LogP contribution in [0.5, 0.6) is 5.75 Å². The van der Waals surface area contributed by atoms with E-state index in [0.29, 0.717) is 0 Å². The molecule has 0 spiro atoms. The van der Waals surface area contributed by atoms with Gasteiger partial charge >= 0.3 is 0 Å². The highest BCUT2D eigenvalue weighted by Gasteiger charge is 2.01. The zero-order valence-electron chi connectivity index (χ0n) is 13.0. The number of ether oxygens (including phenoxy) is 2. The van der Waals surface area contributed by atoms with Crippen LogP contribution in [0.4, 0.5) is 5.69 Å². The minimum atomic E-state index is 0.818. The number of hydrogen-bond donors (Lipinski definition) is 1. The van der Waals surface area contributed by atoms with E-state index in [-0.39, 0.29) is 0 Å². The van der Waals surface area contributed by atoms with Gasteiger partial charge in [-0.05, 0) is 38.4 Å². The molecule has 0 aliphatic rings. The predicted octanol–water partition coefficient (Wildman–Crippen LogP) is 2.54. The molecule has 1 aromatic rings. The van der Waals surface area contributed by atoms with Gasteiger partial charge in [-0.25, -0.2) is 0 Å². The molecule has 1 rings (SSSR count). The summed E-state index contributed by atoms with van der Waals surface area (Å²) in [4.78, 5) is 2.23. The number of anilines is 1. The number of rotatable bonds is 11. The van der Waals surface area contributed by atoms with Crippen LogP contribution in [-0.4, -0.2) is 47.0 Å². The number of unbranched alkanes of at least 4 members (excludes halogenated alkanes) is 1. The van der Waals surface area contributed by atoms with Crippen LogP contribution in [0.1, 0.15) is 19.8 Å². The molecule has 0 saturated carbocycles. The van der Waals surface area contributed by atoms with Crippen LogP contribution in [0.15, 0.2) is 24.3 Å². The average molecular weight is 280 g/mol. The standard InChI is InChI=1S/C16H28N2O2/c1-4-20-13-6-5-10-17-11-12-18(2)15-8-7-9-16(14-15)19-3/h7-9,14,17H,4-6,10-13H2,1-3H3. The quantitative estimate of drug-likeness (QED) is 0.632. The third kappa shape index (κ3) is 6.78. The van der Waals surface area contributed by atoms with Crippen molar-refractivity contribution in [2.45, 2.75) is 19.8 Å². The summed E-state index contributed by atoms with van der Waals surface area (Å²) in [5.74, 6) is 0.901. The molecule has 0 radical (unpaired) electrons. The topological polar surface area (TPSA) is 33.7 Å². The van der Waals surface area contributed by atoms with Gasteiger partial charge in [-0.15, -0.1) is 0 Å². The van der Waals surface area contributed by atoms with Gasteiger partial charge < -0.3 is 19.7 Å². The number of nitrogens with zero attached hydrogens (tertiary/aromatic N) is 1. The third-order valence-electron chi connectivity index (χ3n) is 3.21. The van der Waals surface area contributed by atoms with Crippen molar-refractivity contribution in [2.24, 2.45) is 0 Å². The van der Waals surface area contributed by atoms with E-state index in [1.54, 1.807) is 7.11 Å². The van der Waals surface area contributed by atoms with Crippen molar-refractivity contribution >= 4 is 5.69 Å². The third-order valence-corrected chi connectivity index (χ3v) is 3.21. The molecule has 1 aromatic carbocycles. The summed E-state index contributed by atoms with van der Waals surface area (Å²) in [5, 5.41) is 3.46. The van der Waals surface area contributed by atoms with Crippen molar-refractivity contribution in [2.75, 3.05) is 51.9 Å². The van der Waals surface area contributed by atoms with Crippen LogP contribution in [0.3, 0.4) is 0 Å². The molecule has 0 saturated heterocycles. The molecule has 0 aromatic heterocycles. The summed E-state index contributed by atoms with van der Waals surface area (Å²) in [7, 11) is 3.80. The fraction of sp³-hybridized carbons (Fsp3) is 0.625. The highest BCUT2D eigenvalue weighted by Crippen LogP contribution is 2.19. The lowest BCUT2D eigenvalue weighted by Gasteiger charge is -2.20. The van der Waals surface area contributed by atoms with Crippen molar-refractivity contribution in [3.63, 3.8) is 0 Å². The summed E-state index contributed by atoms with van der Waals surface area (Å²) >= 11 is 0. The first kappa shape index (κ1) is 16.8. The van der Waals surface area contributed by atoms with Crippen LogP contribution in [0, 0.1) is 0 Å². The van der Waals surface area contributed by atoms with E-state index in [1.807, 2.05) is 19.1 Å². The van der Waals surface area contributed by atoms with E-state index in [4.69, 9.17) is 9.47 Å². The Bertz CT molecular complexity index is 358. The Morgan fingerprint density at radius 2 is 2.05 bits per heavy atom. The molecule has 0 heterocycles. The Kier molecular flexibility index (Phi) is 8.83. The molecule has 4 nitrogen and oxygen atoms in total. The lowest BCUT2D eigenvalue weighted by atomic mass is 10.2. The lowest BCUT2D eigenvalue weighted by Crippen LogP contribution is -2.29. The Balaban J connectivity index is 2.12. The molecule has 4 heteroatoms. The smallest absolute Gasteiger partial charge is 0.120 e. The van der Waals surface area contributed by atoms with Gasteiger partial charge in [0.05, 0.1) is 7.11 Å². The fourth-order valence-electron chi connectivity index (χ4n) is 1.95. The average Bonchev–Trinajstić information content (AvgIpc) is 2.49. The summed E-state index contributed by atoms with van der Waals surface area (Å²) in [6.45, 7) is 6.76. The van der Waals surface area contributed by atoms with E-state index in [1.165, 1.54) is 12.1 Å². The molecule has 0 bridgehead atoms. The molecular formula is C16H28N2O2. The Morgan fingerprint density at radius 3 is 2.80 bits per heavy atom. The van der Waals surface area contributed by atoms with E-state index < -0.39 is 0 Å². The van der Waals surface area contributed by atoms with E-state index >= 15 is 0 Å². The van der Waals surface area contributed by atoms with Crippen LogP contribution in [0.2, 0.25) is 0 Å². The Hall–Kier alpha value is -1.26. The van der Waals surface area contributed by atoms with Crippen LogP contribution in [-0.2, 0) is 4.74 Å². The molecule has 0 aliphatic heterocycles. The minimum Gasteiger partial charge on any atom is -0.497 e. The largest absolute Gasteiger partial charge is 0.497 e. The van der Waals surface area contributed by atoms with E-state index in [2.05, 4.69) is 29.4 Å². The zero-order valence-corrected chi connectivity index (χ0v) is 13.0. The van der Waals surface area contributed by atoms with Crippen LogP contribution in [0.25, 0.3) is 0 Å². The summed E-state index contributed by atoms with van der Waals surface area (Å²) in [6, 6.07) is 8.15. The van der Waals surface area contributed by atoms with Gasteiger partial charge in [0.25, 0.3) is 0 Å². The second-order valence-corrected chi connectivity index (χ2v) is 4.78. The molecule has 20 heavy (non-hydrogen) atoms. The normalized spacial score (nSPS) is 10.6. The predicted molar refractivity (Wildman–Crippen MR) is 84.9 cm³/mol. The number of methoxy groups -OCH3 is 1. The first-order valence-electron chi connectivity index (χ1n) is 7.41. The maximum absolute atomic E-state index is 5.31. The molecule has 0 fully saturated rings. The summed E-state index contributed by atoms with van der Waals surface area (Å²) < 4.78 is 10.6. The molecule has 0 atom stereocenters. The van der Waals surface area contributed by atoms with Crippen molar-refractivity contribution in [1.29, 1.82) is 0 Å². The van der Waals surface area contributed by atoms with Gasteiger partial charge in [0.1, 0.15) is 5.75 Å². The first-order valence-corrected chi connectivity index (χ1v) is 7.41. The second-order valence-electron chi connectivity index (χ2n) is 4.78. The summed E-state index contributed by atoms with van der Waals surface area (Å²) in [5.41, 5.74) is 1.18. The lowest BCUT2D eigenvalue weighted by molar-refractivity contribution is 0.143. The van der Waals surface area contributed by atoms with Gasteiger partial charge in [-0.3, -0.25) is 0 Å². The Morgan fingerprint density at radius 1 is 1.20 bits per heavy atom. The fourth-order valence-corrected chi connectivity index (χ4v) is 1.95. The van der Waals surface area contributed by atoms with E-state index in [0.717, 1.165) is 45.0 Å². The summed E-state index contributed by atoms with van der Waals surface area (Å²) in [6.07, 6.45) is 2.30. The van der Waals surface area contributed by atoms with Gasteiger partial charge in [0.2, 0.25) is 0 Å². The maximum Gasteiger partial charge on any atom is 0.120 e. The zero-order chi connectivity index (χ0) is 14.6. The van der Waals surface area contributed by atoms with E-state index in [9.17, 15) is 0 Å². The van der Waals surface area contributed by atoms with Crippen molar-refractivity contribution in [1.82, 2.24) is 5.32 Å². The van der Waals surface area contributed by atoms with Gasteiger partial charge in [-0.1, -0.05) is 6.07 Å². The number of benzene rings is 1. The highest BCUT2D eigenvalue weighted by molar-refractivity contribution is 5.50. The molecule has 0 amide bonds. The van der Waals surface area contributed by atoms with Crippen LogP contribution < -0.4 is 15.0 Å². The number of hydrogen-bond acceptors (Lipinski definition) is 4. The molecule has 114 valence electrons. The van der Waals surface area contributed by atoms with Gasteiger partial charge in [-0.2, -0.15) is 0 Å². The van der Waals surface area contributed by atoms with Crippen molar-refractivity contribution < 1.29 is 9.47 Å². The second kappa shape index (κ2) is 10.5. The van der Waals surface area contributed by atoms with Crippen molar-refractivity contribution in [3.8, 4) is 5.75 Å². The SMILES string of the molecule is CCOCCCCNCCN(C)c1cccc(OC)c1. The molecular weight excluding hydrogens is 252 g/mol. The monoisotopic (exact) mass is 280 g/mol. The highest BCUT2D eigenvalue weighted by atomic mass is 16.5. The van der Waals surface area contributed by atoms with Crippen LogP contribution >= 0.6 is 0 Å². The number of nitrogens with one attached hydrogen (secondary N) is 1. The molecule has 1 N–H and O–H groups in total. The van der Waals surface area contributed by atoms with Gasteiger partial charge in [0, 0.05) is 45.1 Å². The molecule has 0 aliphatic carbocycles. The Labute approximate surface area is 123 Å². The van der Waals surface area contributed by atoms with Crippen molar-refractivity contribution in [3.05, 3.63) is 24.3 Å². The maximum atomic E-state index is 5.31. The minimum absolute atomic E-state index is 0.818. The number of likely N-dealkylation sites (N-methyl/N-ethyl adjacent to an activating group) is 1.